The molecule has 2 amide bonds. The Balaban J connectivity index is 1.63. The highest BCUT2D eigenvalue weighted by Crippen LogP contribution is 2.27. The van der Waals surface area contributed by atoms with Crippen molar-refractivity contribution in [1.29, 1.82) is 0 Å². The van der Waals surface area contributed by atoms with Crippen molar-refractivity contribution in [1.82, 2.24) is 10.2 Å². The molecule has 1 aromatic carbocycles. The number of hydrogen-bond donors (Lipinski definition) is 1. The zero-order valence-electron chi connectivity index (χ0n) is 14.4. The quantitative estimate of drug-likeness (QED) is 0.839. The molecule has 0 unspecified atom stereocenters. The molecule has 3 rings (SSSR count). The van der Waals surface area contributed by atoms with Crippen LogP contribution in [0.3, 0.4) is 0 Å². The monoisotopic (exact) mass is 394 g/mol. The van der Waals surface area contributed by atoms with Crippen LogP contribution >= 0.6 is 23.2 Å². The van der Waals surface area contributed by atoms with E-state index in [4.69, 9.17) is 27.6 Å². The van der Waals surface area contributed by atoms with Crippen molar-refractivity contribution in [2.75, 3.05) is 13.1 Å². The fraction of sp³-hybridized carbons (Fsp3) is 0.368. The average molecular weight is 395 g/mol. The Morgan fingerprint density at radius 1 is 1.31 bits per heavy atom. The molecule has 0 radical (unpaired) electrons. The van der Waals surface area contributed by atoms with E-state index in [0.29, 0.717) is 28.9 Å². The lowest BCUT2D eigenvalue weighted by Gasteiger charge is -2.32. The van der Waals surface area contributed by atoms with Crippen LogP contribution in [-0.2, 0) is 4.79 Å². The highest BCUT2D eigenvalue weighted by atomic mass is 35.5. The molecule has 1 saturated heterocycles. The maximum atomic E-state index is 12.7. The van der Waals surface area contributed by atoms with E-state index in [1.54, 1.807) is 29.2 Å². The Labute approximate surface area is 162 Å². The Hall–Kier alpha value is -1.98. The lowest BCUT2D eigenvalue weighted by Crippen LogP contribution is -2.45. The van der Waals surface area contributed by atoms with Crippen molar-refractivity contribution >= 4 is 35.0 Å². The number of rotatable bonds is 4. The molecule has 2 atom stereocenters. The zero-order chi connectivity index (χ0) is 18.7. The minimum atomic E-state index is -0.254. The summed E-state index contributed by atoms with van der Waals surface area (Å²) in [5.41, 5.74) is 0.809. The van der Waals surface area contributed by atoms with E-state index in [2.05, 4.69) is 5.32 Å². The van der Waals surface area contributed by atoms with Gasteiger partial charge in [-0.15, -0.1) is 0 Å². The van der Waals surface area contributed by atoms with Crippen molar-refractivity contribution in [2.45, 2.75) is 25.8 Å². The lowest BCUT2D eigenvalue weighted by molar-refractivity contribution is -0.127. The maximum absolute atomic E-state index is 12.7. The Kier molecular flexibility index (Phi) is 5.89. The van der Waals surface area contributed by atoms with E-state index in [0.717, 1.165) is 18.4 Å². The molecule has 2 heterocycles. The first kappa shape index (κ1) is 18.8. The van der Waals surface area contributed by atoms with E-state index in [-0.39, 0.29) is 23.8 Å². The van der Waals surface area contributed by atoms with E-state index in [1.165, 1.54) is 6.26 Å². The van der Waals surface area contributed by atoms with Gasteiger partial charge in [-0.05, 0) is 49.6 Å². The molecular formula is C19H20Cl2N2O3. The number of nitrogens with zero attached hydrogens (tertiary/aromatic N) is 1. The molecular weight excluding hydrogens is 375 g/mol. The summed E-state index contributed by atoms with van der Waals surface area (Å²) in [6, 6.07) is 8.28. The smallest absolute Gasteiger partial charge is 0.289 e. The standard InChI is InChI=1S/C19H20Cl2N2O3/c1-12(15-7-6-14(20)10-16(15)21)22-18(24)13-4-2-8-23(11-13)19(25)17-5-3-9-26-17/h3,5-7,9-10,12-13H,2,4,8,11H2,1H3,(H,22,24)/t12-,13+/m0/s1. The van der Waals surface area contributed by atoms with Crippen LogP contribution < -0.4 is 5.32 Å². The van der Waals surface area contributed by atoms with Crippen LogP contribution in [-0.4, -0.2) is 29.8 Å². The highest BCUT2D eigenvalue weighted by molar-refractivity contribution is 6.35. The third kappa shape index (κ3) is 4.22. The number of piperidine rings is 1. The van der Waals surface area contributed by atoms with Gasteiger partial charge >= 0.3 is 0 Å². The molecule has 1 aliphatic heterocycles. The minimum absolute atomic E-state index is 0.0829. The van der Waals surface area contributed by atoms with Crippen LogP contribution in [0.5, 0.6) is 0 Å². The van der Waals surface area contributed by atoms with E-state index in [1.807, 2.05) is 13.0 Å². The number of carbonyl (C=O) groups excluding carboxylic acids is 2. The van der Waals surface area contributed by atoms with Crippen LogP contribution in [0.25, 0.3) is 0 Å². The van der Waals surface area contributed by atoms with Crippen LogP contribution in [0.15, 0.2) is 41.0 Å². The number of nitrogens with one attached hydrogen (secondary N) is 1. The second-order valence-electron chi connectivity index (χ2n) is 6.46. The number of furan rings is 1. The highest BCUT2D eigenvalue weighted by Gasteiger charge is 2.30. The summed E-state index contributed by atoms with van der Waals surface area (Å²) in [7, 11) is 0. The Morgan fingerprint density at radius 3 is 2.81 bits per heavy atom. The second kappa shape index (κ2) is 8.14. The van der Waals surface area contributed by atoms with Crippen molar-refractivity contribution in [3.8, 4) is 0 Å². The number of hydrogen-bond acceptors (Lipinski definition) is 3. The predicted molar refractivity (Wildman–Crippen MR) is 100 cm³/mol. The first-order valence-electron chi connectivity index (χ1n) is 8.54. The molecule has 0 saturated carbocycles. The Bertz CT molecular complexity index is 792. The fourth-order valence-electron chi connectivity index (χ4n) is 3.19. The maximum Gasteiger partial charge on any atom is 0.289 e. The number of likely N-dealkylation sites (tertiary alicyclic amines) is 1. The van der Waals surface area contributed by atoms with E-state index in [9.17, 15) is 9.59 Å². The van der Waals surface area contributed by atoms with Crippen molar-refractivity contribution < 1.29 is 14.0 Å². The van der Waals surface area contributed by atoms with Gasteiger partial charge in [0.15, 0.2) is 5.76 Å². The molecule has 0 spiro atoms. The normalized spacial score (nSPS) is 18.4. The SMILES string of the molecule is C[C@H](NC(=O)[C@@H]1CCCN(C(=O)c2ccco2)C1)c1ccc(Cl)cc1Cl. The molecule has 138 valence electrons. The van der Waals surface area contributed by atoms with Gasteiger partial charge < -0.3 is 14.6 Å². The van der Waals surface area contributed by atoms with Crippen molar-refractivity contribution in [3.05, 3.63) is 58.0 Å². The van der Waals surface area contributed by atoms with Crippen LogP contribution in [0.2, 0.25) is 10.0 Å². The van der Waals surface area contributed by atoms with Gasteiger partial charge in [-0.25, -0.2) is 0 Å². The molecule has 5 nitrogen and oxygen atoms in total. The summed E-state index contributed by atoms with van der Waals surface area (Å²) in [6.07, 6.45) is 2.99. The number of amides is 2. The second-order valence-corrected chi connectivity index (χ2v) is 7.31. The molecule has 0 aliphatic carbocycles. The zero-order valence-corrected chi connectivity index (χ0v) is 15.9. The minimum Gasteiger partial charge on any atom is -0.459 e. The molecule has 7 heteroatoms. The molecule has 26 heavy (non-hydrogen) atoms. The first-order chi connectivity index (χ1) is 12.5. The topological polar surface area (TPSA) is 62.6 Å². The summed E-state index contributed by atoms with van der Waals surface area (Å²) in [6.45, 7) is 2.88. The van der Waals surface area contributed by atoms with Gasteiger partial charge in [0.05, 0.1) is 18.2 Å². The summed E-state index contributed by atoms with van der Waals surface area (Å²) in [5, 5.41) is 4.06. The summed E-state index contributed by atoms with van der Waals surface area (Å²) in [5.74, 6) is -0.217. The molecule has 1 N–H and O–H groups in total. The van der Waals surface area contributed by atoms with Crippen molar-refractivity contribution in [2.24, 2.45) is 5.92 Å². The third-order valence-electron chi connectivity index (χ3n) is 4.60. The van der Waals surface area contributed by atoms with Crippen LogP contribution in [0.4, 0.5) is 0 Å². The fourth-order valence-corrected chi connectivity index (χ4v) is 3.77. The molecule has 0 bridgehead atoms. The molecule has 1 aliphatic rings. The van der Waals surface area contributed by atoms with E-state index < -0.39 is 0 Å². The predicted octanol–water partition coefficient (Wildman–Crippen LogP) is 4.32. The summed E-state index contributed by atoms with van der Waals surface area (Å²) in [4.78, 5) is 26.8. The van der Waals surface area contributed by atoms with Gasteiger partial charge in [0, 0.05) is 23.1 Å². The first-order valence-corrected chi connectivity index (χ1v) is 9.29. The Morgan fingerprint density at radius 2 is 2.12 bits per heavy atom. The number of carbonyl (C=O) groups is 2. The largest absolute Gasteiger partial charge is 0.459 e. The third-order valence-corrected chi connectivity index (χ3v) is 5.16. The van der Waals surface area contributed by atoms with Gasteiger partial charge in [-0.3, -0.25) is 9.59 Å². The van der Waals surface area contributed by atoms with Gasteiger partial charge in [0.2, 0.25) is 5.91 Å². The molecule has 2 aromatic rings. The number of halogens is 2. The van der Waals surface area contributed by atoms with Gasteiger partial charge in [-0.2, -0.15) is 0 Å². The summed E-state index contributed by atoms with van der Waals surface area (Å²) < 4.78 is 5.17. The number of benzene rings is 1. The molecule has 1 fully saturated rings. The van der Waals surface area contributed by atoms with Crippen molar-refractivity contribution in [3.63, 3.8) is 0 Å². The van der Waals surface area contributed by atoms with Gasteiger partial charge in [0.25, 0.3) is 5.91 Å². The molecule has 1 aromatic heterocycles. The van der Waals surface area contributed by atoms with Crippen LogP contribution in [0, 0.1) is 5.92 Å². The van der Waals surface area contributed by atoms with Crippen LogP contribution in [0.1, 0.15) is 41.9 Å². The summed E-state index contributed by atoms with van der Waals surface area (Å²) >= 11 is 12.1. The van der Waals surface area contributed by atoms with Gasteiger partial charge in [0.1, 0.15) is 0 Å². The van der Waals surface area contributed by atoms with E-state index >= 15 is 0 Å². The van der Waals surface area contributed by atoms with Gasteiger partial charge in [-0.1, -0.05) is 29.3 Å². The average Bonchev–Trinajstić information content (AvgIpc) is 3.15. The lowest BCUT2D eigenvalue weighted by atomic mass is 9.96.